The van der Waals surface area contributed by atoms with Crippen LogP contribution < -0.4 is 4.74 Å². The minimum absolute atomic E-state index is 0.258. The van der Waals surface area contributed by atoms with Crippen LogP contribution in [-0.4, -0.2) is 13.4 Å². The van der Waals surface area contributed by atoms with Crippen LogP contribution >= 0.6 is 0 Å². The third kappa shape index (κ3) is 1.57. The highest BCUT2D eigenvalue weighted by atomic mass is 16.5. The first kappa shape index (κ1) is 8.30. The summed E-state index contributed by atoms with van der Waals surface area (Å²) in [4.78, 5) is 10.4. The van der Waals surface area contributed by atoms with Gasteiger partial charge in [-0.3, -0.25) is 0 Å². The first-order chi connectivity index (χ1) is 6.35. The van der Waals surface area contributed by atoms with Crippen LogP contribution in [0, 0.1) is 5.92 Å². The first-order valence-corrected chi connectivity index (χ1v) is 4.44. The summed E-state index contributed by atoms with van der Waals surface area (Å²) in [6.07, 6.45) is 2.06. The highest BCUT2D eigenvalue weighted by molar-refractivity contribution is 5.61. The minimum Gasteiger partial charge on any atom is -0.497 e. The third-order valence-corrected chi connectivity index (χ3v) is 2.56. The molecule has 0 unspecified atom stereocenters. The topological polar surface area (TPSA) is 26.3 Å². The van der Waals surface area contributed by atoms with Crippen LogP contribution in [0.5, 0.6) is 5.75 Å². The van der Waals surface area contributed by atoms with Crippen molar-refractivity contribution in [1.82, 2.24) is 0 Å². The maximum Gasteiger partial charge on any atom is 0.123 e. The fourth-order valence-electron chi connectivity index (χ4n) is 1.60. The summed E-state index contributed by atoms with van der Waals surface area (Å²) < 4.78 is 5.05. The van der Waals surface area contributed by atoms with Gasteiger partial charge in [0, 0.05) is 5.92 Å². The summed E-state index contributed by atoms with van der Waals surface area (Å²) in [5.74, 6) is 1.59. The summed E-state index contributed by atoms with van der Waals surface area (Å²) in [5, 5.41) is 0. The molecule has 0 saturated heterocycles. The predicted octanol–water partition coefficient (Wildman–Crippen LogP) is 2.00. The molecule has 0 N–H and O–H groups in total. The van der Waals surface area contributed by atoms with Crippen molar-refractivity contribution in [1.29, 1.82) is 0 Å². The number of hydrogen-bond acceptors (Lipinski definition) is 2. The van der Waals surface area contributed by atoms with Gasteiger partial charge in [-0.05, 0) is 30.0 Å². The molecule has 2 nitrogen and oxygen atoms in total. The number of hydrogen-bond donors (Lipinski definition) is 0. The van der Waals surface area contributed by atoms with Gasteiger partial charge in [-0.2, -0.15) is 0 Å². The lowest BCUT2D eigenvalue weighted by Crippen LogP contribution is -1.86. The molecule has 1 saturated carbocycles. The van der Waals surface area contributed by atoms with Gasteiger partial charge in [-0.1, -0.05) is 12.1 Å². The van der Waals surface area contributed by atoms with Gasteiger partial charge in [0.05, 0.1) is 7.11 Å². The van der Waals surface area contributed by atoms with Gasteiger partial charge in [-0.25, -0.2) is 0 Å². The quantitative estimate of drug-likeness (QED) is 0.658. The molecule has 1 aromatic rings. The Morgan fingerprint density at radius 2 is 2.08 bits per heavy atom. The van der Waals surface area contributed by atoms with Gasteiger partial charge in [-0.15, -0.1) is 0 Å². The molecular weight excluding hydrogens is 164 g/mol. The molecule has 2 rings (SSSR count). The van der Waals surface area contributed by atoms with E-state index in [4.69, 9.17) is 4.74 Å². The molecule has 2 atom stereocenters. The molecule has 13 heavy (non-hydrogen) atoms. The Balaban J connectivity index is 2.11. The van der Waals surface area contributed by atoms with E-state index in [-0.39, 0.29) is 5.92 Å². The van der Waals surface area contributed by atoms with E-state index in [0.29, 0.717) is 5.92 Å². The van der Waals surface area contributed by atoms with E-state index in [1.54, 1.807) is 7.11 Å². The Labute approximate surface area is 77.5 Å². The average Bonchev–Trinajstić information content (AvgIpc) is 2.97. The summed E-state index contributed by atoms with van der Waals surface area (Å²) in [6.45, 7) is 0. The Morgan fingerprint density at radius 3 is 2.54 bits per heavy atom. The maximum absolute atomic E-state index is 10.4. The maximum atomic E-state index is 10.4. The second kappa shape index (κ2) is 3.21. The van der Waals surface area contributed by atoms with Gasteiger partial charge >= 0.3 is 0 Å². The zero-order valence-corrected chi connectivity index (χ0v) is 7.57. The SMILES string of the molecule is COc1ccc([C@H]2C[C@H]2C=O)cc1. The number of ether oxygens (including phenoxy) is 1. The number of carbonyl (C=O) groups is 1. The van der Waals surface area contributed by atoms with Crippen LogP contribution in [0.4, 0.5) is 0 Å². The van der Waals surface area contributed by atoms with Crippen molar-refractivity contribution in [2.45, 2.75) is 12.3 Å². The van der Waals surface area contributed by atoms with Gasteiger partial charge in [0.25, 0.3) is 0 Å². The molecule has 1 aliphatic carbocycles. The Bertz CT molecular complexity index is 302. The van der Waals surface area contributed by atoms with Crippen molar-refractivity contribution in [3.63, 3.8) is 0 Å². The van der Waals surface area contributed by atoms with Gasteiger partial charge < -0.3 is 9.53 Å². The van der Waals surface area contributed by atoms with Crippen molar-refractivity contribution >= 4 is 6.29 Å². The molecular formula is C11H12O2. The Kier molecular flexibility index (Phi) is 2.05. The molecule has 0 heterocycles. The molecule has 1 aliphatic rings. The van der Waals surface area contributed by atoms with Crippen LogP contribution in [0.15, 0.2) is 24.3 Å². The Hall–Kier alpha value is -1.31. The van der Waals surface area contributed by atoms with Crippen LogP contribution in [0.1, 0.15) is 17.9 Å². The fraction of sp³-hybridized carbons (Fsp3) is 0.364. The summed E-state index contributed by atoms with van der Waals surface area (Å²) >= 11 is 0. The summed E-state index contributed by atoms with van der Waals surface area (Å²) in [5.41, 5.74) is 1.25. The molecule has 0 amide bonds. The van der Waals surface area contributed by atoms with E-state index in [1.165, 1.54) is 5.56 Å². The first-order valence-electron chi connectivity index (χ1n) is 4.44. The Morgan fingerprint density at radius 1 is 1.38 bits per heavy atom. The highest BCUT2D eigenvalue weighted by Crippen LogP contribution is 2.46. The van der Waals surface area contributed by atoms with E-state index in [2.05, 4.69) is 0 Å². The number of benzene rings is 1. The van der Waals surface area contributed by atoms with Crippen molar-refractivity contribution < 1.29 is 9.53 Å². The second-order valence-corrected chi connectivity index (χ2v) is 3.42. The number of rotatable bonds is 3. The van der Waals surface area contributed by atoms with Gasteiger partial charge in [0.1, 0.15) is 12.0 Å². The lowest BCUT2D eigenvalue weighted by molar-refractivity contribution is -0.108. The lowest BCUT2D eigenvalue weighted by atomic mass is 10.1. The van der Waals surface area contributed by atoms with Gasteiger partial charge in [0.15, 0.2) is 0 Å². The fourth-order valence-corrected chi connectivity index (χ4v) is 1.60. The van der Waals surface area contributed by atoms with E-state index >= 15 is 0 Å². The standard InChI is InChI=1S/C11H12O2/c1-13-10-4-2-8(3-5-10)11-6-9(11)7-12/h2-5,7,9,11H,6H2,1H3/t9-,11+/m0/s1. The van der Waals surface area contributed by atoms with Crippen molar-refractivity contribution in [2.24, 2.45) is 5.92 Å². The van der Waals surface area contributed by atoms with Crippen LogP contribution in [-0.2, 0) is 4.79 Å². The molecule has 1 aromatic carbocycles. The van der Waals surface area contributed by atoms with E-state index in [0.717, 1.165) is 18.5 Å². The molecule has 1 fully saturated rings. The van der Waals surface area contributed by atoms with E-state index in [1.807, 2.05) is 24.3 Å². The molecule has 2 heteroatoms. The highest BCUT2D eigenvalue weighted by Gasteiger charge is 2.37. The normalized spacial score (nSPS) is 25.3. The monoisotopic (exact) mass is 176 g/mol. The van der Waals surface area contributed by atoms with E-state index in [9.17, 15) is 4.79 Å². The van der Waals surface area contributed by atoms with Crippen LogP contribution in [0.25, 0.3) is 0 Å². The summed E-state index contributed by atoms with van der Waals surface area (Å²) in [6, 6.07) is 7.95. The molecule has 0 aliphatic heterocycles. The van der Waals surface area contributed by atoms with Crippen LogP contribution in [0.2, 0.25) is 0 Å². The van der Waals surface area contributed by atoms with Crippen molar-refractivity contribution in [3.8, 4) is 5.75 Å². The van der Waals surface area contributed by atoms with E-state index < -0.39 is 0 Å². The predicted molar refractivity (Wildman–Crippen MR) is 49.9 cm³/mol. The average molecular weight is 176 g/mol. The zero-order chi connectivity index (χ0) is 9.26. The number of carbonyl (C=O) groups excluding carboxylic acids is 1. The van der Waals surface area contributed by atoms with Gasteiger partial charge in [0.2, 0.25) is 0 Å². The smallest absolute Gasteiger partial charge is 0.123 e. The van der Waals surface area contributed by atoms with Crippen LogP contribution in [0.3, 0.4) is 0 Å². The zero-order valence-electron chi connectivity index (χ0n) is 7.57. The third-order valence-electron chi connectivity index (χ3n) is 2.56. The number of aldehydes is 1. The molecule has 68 valence electrons. The lowest BCUT2D eigenvalue weighted by Gasteiger charge is -2.01. The molecule has 0 aromatic heterocycles. The minimum atomic E-state index is 0.258. The summed E-state index contributed by atoms with van der Waals surface area (Å²) in [7, 11) is 1.65. The number of methoxy groups -OCH3 is 1. The molecule has 0 spiro atoms. The molecule has 0 bridgehead atoms. The second-order valence-electron chi connectivity index (χ2n) is 3.42. The van der Waals surface area contributed by atoms with Crippen molar-refractivity contribution in [3.05, 3.63) is 29.8 Å². The van der Waals surface area contributed by atoms with Crippen molar-refractivity contribution in [2.75, 3.05) is 7.11 Å². The largest absolute Gasteiger partial charge is 0.497 e. The molecule has 0 radical (unpaired) electrons.